The summed E-state index contributed by atoms with van der Waals surface area (Å²) in [4.78, 5) is 0. The Morgan fingerprint density at radius 3 is 1.16 bits per heavy atom. The van der Waals surface area contributed by atoms with E-state index < -0.39 is 8.07 Å². The lowest BCUT2D eigenvalue weighted by Gasteiger charge is -2.40. The highest BCUT2D eigenvalue weighted by Crippen LogP contribution is 2.31. The molecule has 0 saturated heterocycles. The van der Waals surface area contributed by atoms with Crippen LogP contribution >= 0.6 is 0 Å². The Bertz CT molecular complexity index is 450. The van der Waals surface area contributed by atoms with Gasteiger partial charge in [0.2, 0.25) is 0 Å². The van der Waals surface area contributed by atoms with E-state index in [4.69, 9.17) is 0 Å². The maximum Gasteiger partial charge on any atom is 0.123 e. The van der Waals surface area contributed by atoms with Gasteiger partial charge >= 0.3 is 0 Å². The van der Waals surface area contributed by atoms with Crippen molar-refractivity contribution in [2.24, 2.45) is 0 Å². The van der Waals surface area contributed by atoms with E-state index in [-0.39, 0.29) is 0 Å². The van der Waals surface area contributed by atoms with Crippen LogP contribution in [0.3, 0.4) is 0 Å². The van der Waals surface area contributed by atoms with E-state index >= 15 is 0 Å². The Morgan fingerprint density at radius 2 is 0.895 bits per heavy atom. The lowest BCUT2D eigenvalue weighted by molar-refractivity contribution is 0.928. The molecule has 100 valence electrons. The van der Waals surface area contributed by atoms with Gasteiger partial charge < -0.3 is 0 Å². The predicted molar refractivity (Wildman–Crippen MR) is 88.1 cm³/mol. The normalized spacial score (nSPS) is 12.1. The molecule has 0 amide bonds. The van der Waals surface area contributed by atoms with Gasteiger partial charge in [-0.25, -0.2) is 0 Å². The van der Waals surface area contributed by atoms with Gasteiger partial charge in [-0.15, -0.1) is 0 Å². The molecule has 0 aromatic heterocycles. The summed E-state index contributed by atoms with van der Waals surface area (Å²) < 4.78 is 0. The van der Waals surface area contributed by atoms with E-state index in [1.165, 1.54) is 0 Å². The van der Waals surface area contributed by atoms with E-state index in [2.05, 4.69) is 88.4 Å². The first-order chi connectivity index (χ1) is 9.10. The number of hydrogen-bond donors (Lipinski definition) is 0. The molecule has 0 atom stereocenters. The molecule has 0 aliphatic heterocycles. The van der Waals surface area contributed by atoms with E-state index in [0.29, 0.717) is 11.1 Å². The topological polar surface area (TPSA) is 0 Å². The molecule has 0 heterocycles. The molecule has 0 nitrogen and oxygen atoms in total. The quantitative estimate of drug-likeness (QED) is 0.733. The third-order valence-corrected chi connectivity index (χ3v) is 10.5. The van der Waals surface area contributed by atoms with Crippen LogP contribution in [0.4, 0.5) is 0 Å². The smallest absolute Gasteiger partial charge is 0.0645 e. The van der Waals surface area contributed by atoms with Gasteiger partial charge in [0.1, 0.15) is 8.07 Å². The van der Waals surface area contributed by atoms with Gasteiger partial charge in [-0.3, -0.25) is 0 Å². The first kappa shape index (κ1) is 14.1. The molecular weight excluding hydrogens is 244 g/mol. The molecule has 0 saturated carbocycles. The standard InChI is InChI=1S/C18H24Si/c1-15(2)19(16(3)4,17-11-7-5-8-12-17)18-13-9-6-10-14-18/h5-16H,1-4H3. The van der Waals surface area contributed by atoms with E-state index in [9.17, 15) is 0 Å². The molecule has 0 aliphatic rings. The zero-order valence-electron chi connectivity index (χ0n) is 12.4. The predicted octanol–water partition coefficient (Wildman–Crippen LogP) is 4.07. The Morgan fingerprint density at radius 1 is 0.579 bits per heavy atom. The average molecular weight is 268 g/mol. The van der Waals surface area contributed by atoms with Crippen LogP contribution in [-0.4, -0.2) is 8.07 Å². The summed E-state index contributed by atoms with van der Waals surface area (Å²) in [6.07, 6.45) is 0. The second-order valence-corrected chi connectivity index (χ2v) is 11.1. The van der Waals surface area contributed by atoms with Gasteiger partial charge in [0, 0.05) is 0 Å². The van der Waals surface area contributed by atoms with Gasteiger partial charge in [-0.2, -0.15) is 0 Å². The van der Waals surface area contributed by atoms with Gasteiger partial charge in [0.15, 0.2) is 0 Å². The minimum absolute atomic E-state index is 0.692. The fourth-order valence-corrected chi connectivity index (χ4v) is 9.42. The molecule has 1 heteroatoms. The van der Waals surface area contributed by atoms with E-state index in [1.54, 1.807) is 10.4 Å². The molecule has 19 heavy (non-hydrogen) atoms. The molecule has 0 unspecified atom stereocenters. The summed E-state index contributed by atoms with van der Waals surface area (Å²) in [6, 6.07) is 22.3. The van der Waals surface area contributed by atoms with E-state index in [0.717, 1.165) is 0 Å². The second-order valence-electron chi connectivity index (χ2n) is 5.91. The highest BCUT2D eigenvalue weighted by atomic mass is 28.3. The van der Waals surface area contributed by atoms with Crippen molar-refractivity contribution in [2.45, 2.75) is 38.8 Å². The summed E-state index contributed by atoms with van der Waals surface area (Å²) in [5.74, 6) is 0. The van der Waals surface area contributed by atoms with Crippen molar-refractivity contribution >= 4 is 18.4 Å². The van der Waals surface area contributed by atoms with Crippen LogP contribution in [0.1, 0.15) is 27.7 Å². The van der Waals surface area contributed by atoms with Crippen molar-refractivity contribution in [3.63, 3.8) is 0 Å². The summed E-state index contributed by atoms with van der Waals surface area (Å²) in [6.45, 7) is 9.58. The van der Waals surface area contributed by atoms with Crippen LogP contribution in [0.25, 0.3) is 0 Å². The molecule has 0 aliphatic carbocycles. The summed E-state index contributed by atoms with van der Waals surface area (Å²) in [7, 11) is -1.70. The maximum atomic E-state index is 2.40. The third kappa shape index (κ3) is 2.39. The molecule has 2 aromatic carbocycles. The summed E-state index contributed by atoms with van der Waals surface area (Å²) >= 11 is 0. The zero-order chi connectivity index (χ0) is 13.9. The fourth-order valence-electron chi connectivity index (χ4n) is 3.59. The van der Waals surface area contributed by atoms with Gasteiger partial charge in [-0.1, -0.05) is 98.7 Å². The molecule has 0 fully saturated rings. The minimum Gasteiger partial charge on any atom is -0.0645 e. The number of benzene rings is 2. The largest absolute Gasteiger partial charge is 0.123 e. The van der Waals surface area contributed by atoms with Crippen molar-refractivity contribution in [1.29, 1.82) is 0 Å². The average Bonchev–Trinajstić information content (AvgIpc) is 2.41. The first-order valence-electron chi connectivity index (χ1n) is 7.21. The van der Waals surface area contributed by atoms with Crippen LogP contribution < -0.4 is 10.4 Å². The molecule has 2 aromatic rings. The highest BCUT2D eigenvalue weighted by Gasteiger charge is 2.42. The maximum absolute atomic E-state index is 2.40. The summed E-state index contributed by atoms with van der Waals surface area (Å²) in [5, 5.41) is 3.12. The van der Waals surface area contributed by atoms with Crippen molar-refractivity contribution in [1.82, 2.24) is 0 Å². The molecule has 0 spiro atoms. The first-order valence-corrected chi connectivity index (χ1v) is 9.36. The SMILES string of the molecule is CC(C)[Si](c1ccccc1)(c1ccccc1)C(C)C. The van der Waals surface area contributed by atoms with Crippen LogP contribution in [0.15, 0.2) is 60.7 Å². The van der Waals surface area contributed by atoms with Gasteiger partial charge in [-0.05, 0) is 11.1 Å². The summed E-state index contributed by atoms with van der Waals surface area (Å²) in [5.41, 5.74) is 1.38. The van der Waals surface area contributed by atoms with Crippen LogP contribution in [0, 0.1) is 0 Å². The lowest BCUT2D eigenvalue weighted by Crippen LogP contribution is -2.62. The number of hydrogen-bond acceptors (Lipinski definition) is 0. The fraction of sp³-hybridized carbons (Fsp3) is 0.333. The van der Waals surface area contributed by atoms with E-state index in [1.807, 2.05) is 0 Å². The zero-order valence-corrected chi connectivity index (χ0v) is 13.4. The van der Waals surface area contributed by atoms with Crippen LogP contribution in [0.2, 0.25) is 11.1 Å². The molecule has 0 bridgehead atoms. The monoisotopic (exact) mass is 268 g/mol. The van der Waals surface area contributed by atoms with Crippen molar-refractivity contribution in [3.8, 4) is 0 Å². The van der Waals surface area contributed by atoms with Gasteiger partial charge in [0.05, 0.1) is 0 Å². The minimum atomic E-state index is -1.70. The Labute approximate surface area is 118 Å². The van der Waals surface area contributed by atoms with Crippen molar-refractivity contribution < 1.29 is 0 Å². The molecule has 2 rings (SSSR count). The second kappa shape index (κ2) is 5.75. The Kier molecular flexibility index (Phi) is 4.26. The lowest BCUT2D eigenvalue weighted by atomic mass is 10.4. The van der Waals surface area contributed by atoms with Crippen molar-refractivity contribution in [3.05, 3.63) is 60.7 Å². The van der Waals surface area contributed by atoms with Crippen LogP contribution in [-0.2, 0) is 0 Å². The number of rotatable bonds is 4. The highest BCUT2D eigenvalue weighted by molar-refractivity contribution is 7.04. The van der Waals surface area contributed by atoms with Crippen molar-refractivity contribution in [2.75, 3.05) is 0 Å². The van der Waals surface area contributed by atoms with Gasteiger partial charge in [0.25, 0.3) is 0 Å². The Balaban J connectivity index is 2.69. The molecular formula is C18H24Si. The molecule has 0 N–H and O–H groups in total. The Hall–Kier alpha value is -1.34. The van der Waals surface area contributed by atoms with Crippen LogP contribution in [0.5, 0.6) is 0 Å². The third-order valence-electron chi connectivity index (χ3n) is 4.32. The molecule has 0 radical (unpaired) electrons.